The highest BCUT2D eigenvalue weighted by atomic mass is 16.6. The second-order valence-corrected chi connectivity index (χ2v) is 7.28. The molecule has 2 atom stereocenters. The standard InChI is InChI=1S/C20H23N3O4/c1-12-18(14-7-9-23(12)10-8-14)22-19(25)15-3-5-16(6-4-15)26-17-11-21-20(27-17)13(2)24/h3-6,11-12,14,18H,7-10H2,1-2H3,(H,22,25)/t12-,18+/m1/s1. The average Bonchev–Trinajstić information content (AvgIpc) is 3.14. The molecule has 3 saturated heterocycles. The van der Waals surface area contributed by atoms with E-state index in [0.29, 0.717) is 23.3 Å². The maximum atomic E-state index is 12.6. The summed E-state index contributed by atoms with van der Waals surface area (Å²) in [5, 5.41) is 3.21. The summed E-state index contributed by atoms with van der Waals surface area (Å²) < 4.78 is 10.7. The molecule has 2 aromatic rings. The van der Waals surface area contributed by atoms with Crippen LogP contribution in [-0.2, 0) is 0 Å². The molecule has 1 N–H and O–H groups in total. The van der Waals surface area contributed by atoms with Crippen LogP contribution in [0.3, 0.4) is 0 Å². The number of amides is 1. The van der Waals surface area contributed by atoms with Gasteiger partial charge in [-0.15, -0.1) is 0 Å². The van der Waals surface area contributed by atoms with Crippen LogP contribution in [-0.4, -0.2) is 46.7 Å². The Labute approximate surface area is 157 Å². The lowest BCUT2D eigenvalue weighted by Crippen LogP contribution is -2.62. The molecule has 3 aliphatic heterocycles. The number of nitrogens with one attached hydrogen (secondary N) is 1. The summed E-state index contributed by atoms with van der Waals surface area (Å²) in [6, 6.07) is 7.43. The van der Waals surface area contributed by atoms with E-state index in [1.165, 1.54) is 13.1 Å². The van der Waals surface area contributed by atoms with Crippen LogP contribution in [0.5, 0.6) is 11.7 Å². The highest BCUT2D eigenvalue weighted by molar-refractivity contribution is 5.94. The number of carbonyl (C=O) groups excluding carboxylic acids is 2. The van der Waals surface area contributed by atoms with E-state index in [-0.39, 0.29) is 29.6 Å². The summed E-state index contributed by atoms with van der Waals surface area (Å²) in [6.45, 7) is 5.84. The first-order valence-corrected chi connectivity index (χ1v) is 9.31. The second-order valence-electron chi connectivity index (χ2n) is 7.28. The normalized spacial score (nSPS) is 26.6. The molecule has 1 amide bonds. The fourth-order valence-corrected chi connectivity index (χ4v) is 4.04. The predicted octanol–water partition coefficient (Wildman–Crippen LogP) is 2.88. The van der Waals surface area contributed by atoms with Crippen molar-refractivity contribution in [2.75, 3.05) is 13.1 Å². The van der Waals surface area contributed by atoms with Gasteiger partial charge in [0, 0.05) is 24.6 Å². The van der Waals surface area contributed by atoms with Crippen molar-refractivity contribution >= 4 is 11.7 Å². The summed E-state index contributed by atoms with van der Waals surface area (Å²) in [6.07, 6.45) is 3.66. The molecule has 0 radical (unpaired) electrons. The zero-order valence-electron chi connectivity index (χ0n) is 15.5. The molecule has 0 saturated carbocycles. The molecule has 2 bridgehead atoms. The number of Topliss-reactive ketones (excluding diaryl/α,β-unsaturated/α-hetero) is 1. The second kappa shape index (κ2) is 7.15. The van der Waals surface area contributed by atoms with E-state index in [4.69, 9.17) is 9.15 Å². The number of fused-ring (bicyclic) bond motifs is 3. The smallest absolute Gasteiger partial charge is 0.311 e. The lowest BCUT2D eigenvalue weighted by atomic mass is 9.79. The van der Waals surface area contributed by atoms with Crippen molar-refractivity contribution in [2.45, 2.75) is 38.8 Å². The summed E-state index contributed by atoms with van der Waals surface area (Å²) in [5.74, 6) is 0.892. The zero-order chi connectivity index (χ0) is 19.0. The molecule has 1 aromatic carbocycles. The molecule has 0 aliphatic carbocycles. The Hall–Kier alpha value is -2.67. The van der Waals surface area contributed by atoms with Crippen LogP contribution in [0.15, 0.2) is 34.9 Å². The summed E-state index contributed by atoms with van der Waals surface area (Å²) >= 11 is 0. The monoisotopic (exact) mass is 369 g/mol. The van der Waals surface area contributed by atoms with Crippen LogP contribution in [0.2, 0.25) is 0 Å². The lowest BCUT2D eigenvalue weighted by Gasteiger charge is -2.49. The SMILES string of the molecule is CC(=O)c1ncc(Oc2ccc(C(=O)N[C@@H]3C4CCN(CC4)[C@@H]3C)cc2)o1. The third kappa shape index (κ3) is 3.60. The Morgan fingerprint density at radius 3 is 2.52 bits per heavy atom. The van der Waals surface area contributed by atoms with Crippen LogP contribution in [0.25, 0.3) is 0 Å². The Morgan fingerprint density at radius 2 is 1.93 bits per heavy atom. The number of ether oxygens (including phenoxy) is 1. The van der Waals surface area contributed by atoms with Gasteiger partial charge in [-0.05, 0) is 63.0 Å². The highest BCUT2D eigenvalue weighted by Gasteiger charge is 2.40. The molecule has 142 valence electrons. The molecule has 0 spiro atoms. The lowest BCUT2D eigenvalue weighted by molar-refractivity contribution is 0.0217. The van der Waals surface area contributed by atoms with Gasteiger partial charge in [0.2, 0.25) is 5.78 Å². The van der Waals surface area contributed by atoms with E-state index in [1.807, 2.05) is 0 Å². The number of benzene rings is 1. The van der Waals surface area contributed by atoms with E-state index in [2.05, 4.69) is 22.1 Å². The van der Waals surface area contributed by atoms with Crippen molar-refractivity contribution in [3.8, 4) is 11.7 Å². The quantitative estimate of drug-likeness (QED) is 0.816. The average molecular weight is 369 g/mol. The zero-order valence-corrected chi connectivity index (χ0v) is 15.5. The van der Waals surface area contributed by atoms with Gasteiger partial charge in [0.05, 0.1) is 0 Å². The molecule has 4 heterocycles. The Morgan fingerprint density at radius 1 is 1.22 bits per heavy atom. The third-order valence-electron chi connectivity index (χ3n) is 5.60. The number of aromatic nitrogens is 1. The van der Waals surface area contributed by atoms with E-state index in [0.717, 1.165) is 25.9 Å². The fraction of sp³-hybridized carbons (Fsp3) is 0.450. The van der Waals surface area contributed by atoms with Crippen LogP contribution in [0, 0.1) is 5.92 Å². The minimum Gasteiger partial charge on any atom is -0.425 e. The number of nitrogens with zero attached hydrogens (tertiary/aromatic N) is 2. The van der Waals surface area contributed by atoms with Crippen molar-refractivity contribution < 1.29 is 18.7 Å². The fourth-order valence-electron chi connectivity index (χ4n) is 4.04. The Bertz CT molecular complexity index is 835. The third-order valence-corrected chi connectivity index (χ3v) is 5.60. The van der Waals surface area contributed by atoms with Crippen molar-refractivity contribution in [3.05, 3.63) is 41.9 Å². The number of carbonyl (C=O) groups is 2. The maximum absolute atomic E-state index is 12.6. The van der Waals surface area contributed by atoms with Gasteiger partial charge in [0.25, 0.3) is 11.8 Å². The number of piperidine rings is 3. The number of rotatable bonds is 5. The summed E-state index contributed by atoms with van der Waals surface area (Å²) in [4.78, 5) is 30.1. The van der Waals surface area contributed by atoms with Gasteiger partial charge < -0.3 is 14.5 Å². The number of hydrogen-bond donors (Lipinski definition) is 1. The topological polar surface area (TPSA) is 84.7 Å². The van der Waals surface area contributed by atoms with E-state index < -0.39 is 0 Å². The molecular formula is C20H23N3O4. The summed E-state index contributed by atoms with van der Waals surface area (Å²) in [7, 11) is 0. The van der Waals surface area contributed by atoms with Gasteiger partial charge in [-0.2, -0.15) is 0 Å². The van der Waals surface area contributed by atoms with Gasteiger partial charge >= 0.3 is 5.95 Å². The van der Waals surface area contributed by atoms with Crippen molar-refractivity contribution in [2.24, 2.45) is 5.92 Å². The van der Waals surface area contributed by atoms with Crippen molar-refractivity contribution in [1.82, 2.24) is 15.2 Å². The minimum atomic E-state index is -0.265. The maximum Gasteiger partial charge on any atom is 0.311 e. The number of ketones is 1. The molecule has 3 fully saturated rings. The predicted molar refractivity (Wildman–Crippen MR) is 98.0 cm³/mol. The van der Waals surface area contributed by atoms with Crippen LogP contribution < -0.4 is 10.1 Å². The molecule has 3 aliphatic rings. The molecule has 7 heteroatoms. The minimum absolute atomic E-state index is 0.00707. The number of hydrogen-bond acceptors (Lipinski definition) is 6. The highest BCUT2D eigenvalue weighted by Crippen LogP contribution is 2.32. The van der Waals surface area contributed by atoms with E-state index >= 15 is 0 Å². The van der Waals surface area contributed by atoms with Crippen LogP contribution in [0.4, 0.5) is 0 Å². The molecule has 0 unspecified atom stereocenters. The molecular weight excluding hydrogens is 346 g/mol. The first kappa shape index (κ1) is 17.7. The van der Waals surface area contributed by atoms with Crippen LogP contribution in [0.1, 0.15) is 47.7 Å². The van der Waals surface area contributed by atoms with E-state index in [1.54, 1.807) is 24.3 Å². The first-order chi connectivity index (χ1) is 13.0. The van der Waals surface area contributed by atoms with Crippen LogP contribution >= 0.6 is 0 Å². The van der Waals surface area contributed by atoms with Gasteiger partial charge in [-0.1, -0.05) is 0 Å². The Balaban J connectivity index is 1.39. The molecule has 5 rings (SSSR count). The number of oxazole rings is 1. The summed E-state index contributed by atoms with van der Waals surface area (Å²) in [5.41, 5.74) is 0.591. The van der Waals surface area contributed by atoms with Crippen molar-refractivity contribution in [3.63, 3.8) is 0 Å². The molecule has 27 heavy (non-hydrogen) atoms. The first-order valence-electron chi connectivity index (χ1n) is 9.31. The van der Waals surface area contributed by atoms with Gasteiger partial charge in [-0.3, -0.25) is 14.5 Å². The van der Waals surface area contributed by atoms with Gasteiger partial charge in [0.1, 0.15) is 11.9 Å². The van der Waals surface area contributed by atoms with E-state index in [9.17, 15) is 9.59 Å². The Kier molecular flexibility index (Phi) is 4.70. The van der Waals surface area contributed by atoms with Gasteiger partial charge in [0.15, 0.2) is 0 Å². The van der Waals surface area contributed by atoms with Gasteiger partial charge in [-0.25, -0.2) is 4.98 Å². The largest absolute Gasteiger partial charge is 0.425 e. The molecule has 1 aromatic heterocycles. The molecule has 7 nitrogen and oxygen atoms in total. The van der Waals surface area contributed by atoms with Crippen molar-refractivity contribution in [1.29, 1.82) is 0 Å².